The lowest BCUT2D eigenvalue weighted by molar-refractivity contribution is 1.43. The fourth-order valence-corrected chi connectivity index (χ4v) is 3.00. The summed E-state index contributed by atoms with van der Waals surface area (Å²) in [7, 11) is -1.85. The lowest BCUT2D eigenvalue weighted by Crippen LogP contribution is -2.28. The van der Waals surface area contributed by atoms with Gasteiger partial charge in [-0.25, -0.2) is 0 Å². The summed E-state index contributed by atoms with van der Waals surface area (Å²) in [5.41, 5.74) is 9.57. The Hall–Kier alpha value is -1.10. The minimum absolute atomic E-state index is 0.996. The molecule has 0 unspecified atom stereocenters. The Kier molecular flexibility index (Phi) is 5.03. The van der Waals surface area contributed by atoms with E-state index in [0.717, 1.165) is 6.04 Å². The van der Waals surface area contributed by atoms with Crippen LogP contribution in [0, 0.1) is 34.4 Å². The molecule has 0 aliphatic carbocycles. The lowest BCUT2D eigenvalue weighted by atomic mass is 10.8. The summed E-state index contributed by atoms with van der Waals surface area (Å²) < 4.78 is 0. The highest BCUT2D eigenvalue weighted by molar-refractivity contribution is 7.00. The van der Waals surface area contributed by atoms with Gasteiger partial charge in [0.1, 0.15) is 0 Å². The van der Waals surface area contributed by atoms with Crippen LogP contribution in [0.3, 0.4) is 0 Å². The first-order valence-corrected chi connectivity index (χ1v) is 6.27. The molecular formula is C11H14Si. The second-order valence-corrected chi connectivity index (χ2v) is 5.65. The summed E-state index contributed by atoms with van der Waals surface area (Å²) in [5, 5.41) is 0. The van der Waals surface area contributed by atoms with E-state index >= 15 is 0 Å². The molecule has 62 valence electrons. The van der Waals surface area contributed by atoms with E-state index in [4.69, 9.17) is 0 Å². The van der Waals surface area contributed by atoms with Crippen LogP contribution in [-0.2, 0) is 0 Å². The molecule has 0 spiro atoms. The maximum absolute atomic E-state index is 3.19. The quantitative estimate of drug-likeness (QED) is 0.422. The van der Waals surface area contributed by atoms with Crippen molar-refractivity contribution in [2.24, 2.45) is 0 Å². The van der Waals surface area contributed by atoms with Crippen molar-refractivity contribution in [1.29, 1.82) is 0 Å². The Balaban J connectivity index is 5.02. The fourth-order valence-electron chi connectivity index (χ4n) is 0.999. The average molecular weight is 174 g/mol. The molecule has 0 saturated carbocycles. The van der Waals surface area contributed by atoms with Gasteiger partial charge in [0.15, 0.2) is 0 Å². The van der Waals surface area contributed by atoms with Gasteiger partial charge in [-0.1, -0.05) is 6.92 Å². The molecule has 0 heterocycles. The summed E-state index contributed by atoms with van der Waals surface area (Å²) in [6.45, 7) is 7.68. The normalized spacial score (nSPS) is 8.00. The number of hydrogen-bond acceptors (Lipinski definition) is 0. The molecule has 0 radical (unpaired) electrons. The standard InChI is InChI=1S/C11H14Si/c1-5-9-12(8-4,10-6-2)11-7-3/h8H2,1-4H3. The van der Waals surface area contributed by atoms with Crippen molar-refractivity contribution >= 4 is 8.07 Å². The maximum Gasteiger partial charge on any atom is 0.290 e. The predicted molar refractivity (Wildman–Crippen MR) is 56.6 cm³/mol. The maximum atomic E-state index is 3.19. The second-order valence-electron chi connectivity index (χ2n) is 2.38. The highest BCUT2D eigenvalue weighted by Gasteiger charge is 2.23. The van der Waals surface area contributed by atoms with Gasteiger partial charge >= 0.3 is 0 Å². The second kappa shape index (κ2) is 5.53. The van der Waals surface area contributed by atoms with Gasteiger partial charge in [-0.15, -0.1) is 34.4 Å². The first-order chi connectivity index (χ1) is 5.74. The van der Waals surface area contributed by atoms with Crippen LogP contribution in [0.5, 0.6) is 0 Å². The molecule has 0 atom stereocenters. The minimum atomic E-state index is -1.85. The van der Waals surface area contributed by atoms with Gasteiger partial charge in [-0.05, 0) is 26.8 Å². The van der Waals surface area contributed by atoms with Crippen LogP contribution < -0.4 is 0 Å². The Bertz CT molecular complexity index is 256. The van der Waals surface area contributed by atoms with Crippen molar-refractivity contribution in [3.63, 3.8) is 0 Å². The van der Waals surface area contributed by atoms with E-state index < -0.39 is 8.07 Å². The van der Waals surface area contributed by atoms with Crippen molar-refractivity contribution in [3.8, 4) is 34.4 Å². The van der Waals surface area contributed by atoms with E-state index in [0.29, 0.717) is 0 Å². The SMILES string of the molecule is CC#C[Si](C#CC)(C#CC)CC. The van der Waals surface area contributed by atoms with Gasteiger partial charge in [-0.3, -0.25) is 0 Å². The van der Waals surface area contributed by atoms with Gasteiger partial charge in [0, 0.05) is 0 Å². The Morgan fingerprint density at radius 2 is 1.17 bits per heavy atom. The smallest absolute Gasteiger partial charge is 0.111 e. The van der Waals surface area contributed by atoms with Crippen LogP contribution in [0.1, 0.15) is 27.7 Å². The van der Waals surface area contributed by atoms with Crippen LogP contribution in [0.2, 0.25) is 6.04 Å². The zero-order chi connectivity index (χ0) is 9.45. The van der Waals surface area contributed by atoms with Crippen LogP contribution in [0.15, 0.2) is 0 Å². The Morgan fingerprint density at radius 3 is 1.33 bits per heavy atom. The van der Waals surface area contributed by atoms with E-state index in [2.05, 4.69) is 41.3 Å². The molecule has 0 fully saturated rings. The molecule has 0 bridgehead atoms. The van der Waals surface area contributed by atoms with E-state index in [1.807, 2.05) is 20.8 Å². The third-order valence-corrected chi connectivity index (χ3v) is 4.64. The predicted octanol–water partition coefficient (Wildman–Crippen LogP) is 2.14. The molecule has 0 aromatic heterocycles. The summed E-state index contributed by atoms with van der Waals surface area (Å²) >= 11 is 0. The van der Waals surface area contributed by atoms with Gasteiger partial charge in [0.05, 0.1) is 0 Å². The minimum Gasteiger partial charge on any atom is -0.111 e. The molecule has 0 aliphatic heterocycles. The van der Waals surface area contributed by atoms with Crippen molar-refractivity contribution < 1.29 is 0 Å². The molecule has 0 nitrogen and oxygen atoms in total. The van der Waals surface area contributed by atoms with Gasteiger partial charge < -0.3 is 0 Å². The number of rotatable bonds is 1. The van der Waals surface area contributed by atoms with E-state index in [1.165, 1.54) is 0 Å². The molecule has 0 aliphatic rings. The molecule has 0 aromatic rings. The average Bonchev–Trinajstić information content (AvgIpc) is 2.06. The van der Waals surface area contributed by atoms with Crippen LogP contribution >= 0.6 is 0 Å². The largest absolute Gasteiger partial charge is 0.290 e. The molecule has 0 aromatic carbocycles. The highest BCUT2D eigenvalue weighted by atomic mass is 28.3. The zero-order valence-corrected chi connectivity index (χ0v) is 9.21. The monoisotopic (exact) mass is 174 g/mol. The molecule has 0 N–H and O–H groups in total. The Morgan fingerprint density at radius 1 is 0.833 bits per heavy atom. The fraction of sp³-hybridized carbons (Fsp3) is 0.455. The lowest BCUT2D eigenvalue weighted by Gasteiger charge is -2.07. The van der Waals surface area contributed by atoms with Gasteiger partial charge in [-0.2, -0.15) is 0 Å². The first kappa shape index (κ1) is 10.9. The van der Waals surface area contributed by atoms with E-state index in [-0.39, 0.29) is 0 Å². The van der Waals surface area contributed by atoms with Crippen LogP contribution in [0.4, 0.5) is 0 Å². The van der Waals surface area contributed by atoms with Crippen molar-refractivity contribution in [3.05, 3.63) is 0 Å². The molecule has 0 rings (SSSR count). The molecular weight excluding hydrogens is 160 g/mol. The van der Waals surface area contributed by atoms with Crippen LogP contribution in [-0.4, -0.2) is 8.07 Å². The molecule has 1 heteroatoms. The molecule has 0 amide bonds. The van der Waals surface area contributed by atoms with Crippen molar-refractivity contribution in [2.75, 3.05) is 0 Å². The summed E-state index contributed by atoms with van der Waals surface area (Å²) in [6, 6.07) is 0.996. The van der Waals surface area contributed by atoms with Gasteiger partial charge in [0.25, 0.3) is 8.07 Å². The van der Waals surface area contributed by atoms with Crippen molar-refractivity contribution in [1.82, 2.24) is 0 Å². The summed E-state index contributed by atoms with van der Waals surface area (Å²) in [5.74, 6) is 8.81. The van der Waals surface area contributed by atoms with E-state index in [9.17, 15) is 0 Å². The van der Waals surface area contributed by atoms with Gasteiger partial charge in [0.2, 0.25) is 0 Å². The van der Waals surface area contributed by atoms with E-state index in [1.54, 1.807) is 0 Å². The zero-order valence-electron chi connectivity index (χ0n) is 8.21. The number of hydrogen-bond donors (Lipinski definition) is 0. The third-order valence-electron chi connectivity index (χ3n) is 1.55. The highest BCUT2D eigenvalue weighted by Crippen LogP contribution is 2.04. The molecule has 0 saturated heterocycles. The summed E-state index contributed by atoms with van der Waals surface area (Å²) in [4.78, 5) is 0. The van der Waals surface area contributed by atoms with Crippen LogP contribution in [0.25, 0.3) is 0 Å². The Labute approximate surface area is 76.8 Å². The topological polar surface area (TPSA) is 0 Å². The first-order valence-electron chi connectivity index (χ1n) is 4.06. The third kappa shape index (κ3) is 2.87. The molecule has 12 heavy (non-hydrogen) atoms. The summed E-state index contributed by atoms with van der Waals surface area (Å²) in [6.07, 6.45) is 0. The van der Waals surface area contributed by atoms with Crippen molar-refractivity contribution in [2.45, 2.75) is 33.7 Å².